The fourth-order valence-corrected chi connectivity index (χ4v) is 2.52. The highest BCUT2D eigenvalue weighted by Crippen LogP contribution is 2.42. The number of rotatable bonds is 3. The maximum absolute atomic E-state index is 13.9. The molecule has 0 aliphatic heterocycles. The standard InChI is InChI=1S/C13H16FN5/c1-13(5-2-6-13)8-19-12(16-17-18-19)10-4-3-9(15)7-11(10)14/h3-4,7H,2,5-6,8,15H2,1H3. The molecule has 0 atom stereocenters. The van der Waals surface area contributed by atoms with E-state index in [1.54, 1.807) is 16.8 Å². The average molecular weight is 261 g/mol. The molecule has 0 unspecified atom stereocenters. The molecular weight excluding hydrogens is 245 g/mol. The van der Waals surface area contributed by atoms with Crippen molar-refractivity contribution in [2.75, 3.05) is 5.73 Å². The van der Waals surface area contributed by atoms with Gasteiger partial charge in [0.1, 0.15) is 5.82 Å². The van der Waals surface area contributed by atoms with E-state index < -0.39 is 5.82 Å². The van der Waals surface area contributed by atoms with Crippen molar-refractivity contribution in [3.63, 3.8) is 0 Å². The minimum absolute atomic E-state index is 0.231. The molecule has 2 aromatic rings. The third-order valence-electron chi connectivity index (χ3n) is 3.86. The minimum atomic E-state index is -0.394. The molecule has 0 radical (unpaired) electrons. The van der Waals surface area contributed by atoms with Crippen LogP contribution in [0.4, 0.5) is 10.1 Å². The van der Waals surface area contributed by atoms with Crippen LogP contribution in [0.15, 0.2) is 18.2 Å². The molecule has 0 saturated heterocycles. The van der Waals surface area contributed by atoms with E-state index in [1.807, 2.05) is 0 Å². The molecule has 19 heavy (non-hydrogen) atoms. The minimum Gasteiger partial charge on any atom is -0.399 e. The van der Waals surface area contributed by atoms with Crippen molar-refractivity contribution in [2.24, 2.45) is 5.41 Å². The molecular formula is C13H16FN5. The lowest BCUT2D eigenvalue weighted by Crippen LogP contribution is -2.31. The van der Waals surface area contributed by atoms with Gasteiger partial charge < -0.3 is 5.73 Å². The summed E-state index contributed by atoms with van der Waals surface area (Å²) in [6.07, 6.45) is 3.57. The van der Waals surface area contributed by atoms with Gasteiger partial charge >= 0.3 is 0 Å². The van der Waals surface area contributed by atoms with Gasteiger partial charge in [-0.3, -0.25) is 0 Å². The number of nitrogen functional groups attached to an aromatic ring is 1. The van der Waals surface area contributed by atoms with Crippen molar-refractivity contribution in [1.29, 1.82) is 0 Å². The van der Waals surface area contributed by atoms with E-state index in [1.165, 1.54) is 12.5 Å². The Morgan fingerprint density at radius 1 is 1.42 bits per heavy atom. The van der Waals surface area contributed by atoms with Crippen molar-refractivity contribution >= 4 is 5.69 Å². The fraction of sp³-hybridized carbons (Fsp3) is 0.462. The van der Waals surface area contributed by atoms with Crippen LogP contribution in [-0.4, -0.2) is 20.2 Å². The average Bonchev–Trinajstić information content (AvgIpc) is 2.75. The Bertz CT molecular complexity index is 603. The summed E-state index contributed by atoms with van der Waals surface area (Å²) in [6.45, 7) is 2.93. The van der Waals surface area contributed by atoms with Gasteiger partial charge in [0.15, 0.2) is 5.82 Å². The van der Waals surface area contributed by atoms with Gasteiger partial charge in [-0.1, -0.05) is 13.3 Å². The van der Waals surface area contributed by atoms with Gasteiger partial charge in [-0.05, 0) is 46.9 Å². The Morgan fingerprint density at radius 2 is 2.21 bits per heavy atom. The van der Waals surface area contributed by atoms with Gasteiger partial charge in [-0.2, -0.15) is 0 Å². The second kappa shape index (κ2) is 4.29. The molecule has 6 heteroatoms. The smallest absolute Gasteiger partial charge is 0.184 e. The number of anilines is 1. The topological polar surface area (TPSA) is 69.6 Å². The Balaban J connectivity index is 1.95. The molecule has 1 aromatic heterocycles. The van der Waals surface area contributed by atoms with E-state index in [-0.39, 0.29) is 5.41 Å². The lowest BCUT2D eigenvalue weighted by Gasteiger charge is -2.38. The summed E-state index contributed by atoms with van der Waals surface area (Å²) in [5, 5.41) is 11.6. The zero-order valence-electron chi connectivity index (χ0n) is 10.8. The third-order valence-corrected chi connectivity index (χ3v) is 3.86. The van der Waals surface area contributed by atoms with E-state index >= 15 is 0 Å². The number of benzene rings is 1. The third kappa shape index (κ3) is 2.18. The Hall–Kier alpha value is -1.98. The van der Waals surface area contributed by atoms with Crippen LogP contribution in [-0.2, 0) is 6.54 Å². The highest BCUT2D eigenvalue weighted by atomic mass is 19.1. The lowest BCUT2D eigenvalue weighted by molar-refractivity contribution is 0.126. The lowest BCUT2D eigenvalue weighted by atomic mass is 9.70. The Labute approximate surface area is 110 Å². The maximum Gasteiger partial charge on any atom is 0.184 e. The maximum atomic E-state index is 13.9. The van der Waals surface area contributed by atoms with Gasteiger partial charge in [0.05, 0.1) is 12.1 Å². The second-order valence-corrected chi connectivity index (χ2v) is 5.56. The zero-order valence-corrected chi connectivity index (χ0v) is 10.8. The molecule has 5 nitrogen and oxygen atoms in total. The monoisotopic (exact) mass is 261 g/mol. The summed E-state index contributed by atoms with van der Waals surface area (Å²) in [5.41, 5.74) is 6.57. The van der Waals surface area contributed by atoms with Crippen LogP contribution in [0.1, 0.15) is 26.2 Å². The molecule has 2 N–H and O–H groups in total. The SMILES string of the molecule is CC1(Cn2nnnc2-c2ccc(N)cc2F)CCC1. The molecule has 3 rings (SSSR count). The first-order valence-electron chi connectivity index (χ1n) is 6.39. The molecule has 1 aliphatic carbocycles. The second-order valence-electron chi connectivity index (χ2n) is 5.56. The van der Waals surface area contributed by atoms with Crippen molar-refractivity contribution in [3.8, 4) is 11.4 Å². The van der Waals surface area contributed by atoms with Crippen LogP contribution in [0.3, 0.4) is 0 Å². The van der Waals surface area contributed by atoms with E-state index in [9.17, 15) is 4.39 Å². The molecule has 1 aliphatic rings. The van der Waals surface area contributed by atoms with Gasteiger partial charge in [0, 0.05) is 5.69 Å². The zero-order chi connectivity index (χ0) is 13.5. The van der Waals surface area contributed by atoms with Crippen LogP contribution in [0.25, 0.3) is 11.4 Å². The van der Waals surface area contributed by atoms with Crippen molar-refractivity contribution in [1.82, 2.24) is 20.2 Å². The molecule has 0 bridgehead atoms. The van der Waals surface area contributed by atoms with Crippen molar-refractivity contribution < 1.29 is 4.39 Å². The summed E-state index contributed by atoms with van der Waals surface area (Å²) in [5.74, 6) is 0.0698. The van der Waals surface area contributed by atoms with Crippen LogP contribution in [0.2, 0.25) is 0 Å². The first-order valence-corrected chi connectivity index (χ1v) is 6.39. The number of hydrogen-bond acceptors (Lipinski definition) is 4. The van der Waals surface area contributed by atoms with E-state index in [0.29, 0.717) is 17.1 Å². The summed E-state index contributed by atoms with van der Waals surface area (Å²) in [6, 6.07) is 4.57. The van der Waals surface area contributed by atoms with Gasteiger partial charge in [-0.15, -0.1) is 5.10 Å². The molecule has 0 spiro atoms. The largest absolute Gasteiger partial charge is 0.399 e. The number of tetrazole rings is 1. The highest BCUT2D eigenvalue weighted by molar-refractivity contribution is 5.59. The number of nitrogens with two attached hydrogens (primary N) is 1. The predicted octanol–water partition coefficient (Wildman–Crippen LogP) is 2.25. The summed E-state index contributed by atoms with van der Waals surface area (Å²) in [4.78, 5) is 0. The molecule has 0 amide bonds. The van der Waals surface area contributed by atoms with E-state index in [4.69, 9.17) is 5.73 Å². The normalized spacial score (nSPS) is 17.2. The van der Waals surface area contributed by atoms with Crippen LogP contribution in [0, 0.1) is 11.2 Å². The van der Waals surface area contributed by atoms with Gasteiger partial charge in [-0.25, -0.2) is 9.07 Å². The summed E-state index contributed by atoms with van der Waals surface area (Å²) >= 11 is 0. The predicted molar refractivity (Wildman–Crippen MR) is 69.6 cm³/mol. The summed E-state index contributed by atoms with van der Waals surface area (Å²) < 4.78 is 15.6. The number of hydrogen-bond donors (Lipinski definition) is 1. The Kier molecular flexibility index (Phi) is 2.73. The van der Waals surface area contributed by atoms with Crippen LogP contribution < -0.4 is 5.73 Å². The first-order chi connectivity index (χ1) is 9.07. The molecule has 1 heterocycles. The highest BCUT2D eigenvalue weighted by Gasteiger charge is 2.33. The first kappa shape index (κ1) is 12.1. The number of halogens is 1. The van der Waals surface area contributed by atoms with Gasteiger partial charge in [0.25, 0.3) is 0 Å². The number of nitrogens with zero attached hydrogens (tertiary/aromatic N) is 4. The van der Waals surface area contributed by atoms with Crippen LogP contribution >= 0.6 is 0 Å². The van der Waals surface area contributed by atoms with E-state index in [2.05, 4.69) is 22.4 Å². The molecule has 1 aromatic carbocycles. The quantitative estimate of drug-likeness (QED) is 0.860. The van der Waals surface area contributed by atoms with Crippen molar-refractivity contribution in [2.45, 2.75) is 32.7 Å². The van der Waals surface area contributed by atoms with Gasteiger partial charge in [0.2, 0.25) is 0 Å². The molecule has 1 saturated carbocycles. The van der Waals surface area contributed by atoms with Crippen molar-refractivity contribution in [3.05, 3.63) is 24.0 Å². The molecule has 1 fully saturated rings. The number of aromatic nitrogens is 4. The fourth-order valence-electron chi connectivity index (χ4n) is 2.52. The van der Waals surface area contributed by atoms with E-state index in [0.717, 1.165) is 19.4 Å². The molecule has 100 valence electrons. The Morgan fingerprint density at radius 3 is 2.84 bits per heavy atom. The summed E-state index contributed by atoms with van der Waals surface area (Å²) in [7, 11) is 0. The van der Waals surface area contributed by atoms with Crippen LogP contribution in [0.5, 0.6) is 0 Å².